The van der Waals surface area contributed by atoms with Crippen molar-refractivity contribution in [1.82, 2.24) is 4.57 Å². The minimum Gasteiger partial charge on any atom is -0.335 e. The number of aromatic nitrogens is 1. The van der Waals surface area contributed by atoms with E-state index in [0.29, 0.717) is 10.8 Å². The van der Waals surface area contributed by atoms with Crippen molar-refractivity contribution < 1.29 is 9.85 Å². The van der Waals surface area contributed by atoms with E-state index in [2.05, 4.69) is 0 Å². The molecule has 0 radical (unpaired) electrons. The maximum Gasteiger partial charge on any atom is 0.270 e. The summed E-state index contributed by atoms with van der Waals surface area (Å²) in [6, 6.07) is 9.26. The number of rotatable bonds is 2. The van der Waals surface area contributed by atoms with Gasteiger partial charge in [0.15, 0.2) is 0 Å². The summed E-state index contributed by atoms with van der Waals surface area (Å²) in [7, 11) is 0. The smallest absolute Gasteiger partial charge is 0.270 e. The molecule has 3 aromatic rings. The predicted octanol–water partition coefficient (Wildman–Crippen LogP) is 4.37. The summed E-state index contributed by atoms with van der Waals surface area (Å²) in [5, 5.41) is 23.4. The van der Waals surface area contributed by atoms with Crippen molar-refractivity contribution >= 4 is 33.2 Å². The lowest BCUT2D eigenvalue weighted by Gasteiger charge is -2.24. The molecule has 0 N–H and O–H groups in total. The Morgan fingerprint density at radius 1 is 0.826 bits per heavy atom. The standard InChI is InChI=1S/C16H15N3O4/c1-16(2,3)17-14-6-4-10(18(20)21)8-12(14)13-9-11(19(22)23)5-7-15(13)17/h4-9H,1-3H3. The van der Waals surface area contributed by atoms with E-state index in [1.807, 2.05) is 25.3 Å². The second-order valence-corrected chi connectivity index (χ2v) is 6.42. The van der Waals surface area contributed by atoms with Gasteiger partial charge in [-0.2, -0.15) is 0 Å². The first-order chi connectivity index (χ1) is 10.7. The number of nitro groups is 2. The fourth-order valence-corrected chi connectivity index (χ4v) is 2.95. The molecule has 7 heteroatoms. The monoisotopic (exact) mass is 313 g/mol. The molecule has 1 aromatic heterocycles. The highest BCUT2D eigenvalue weighted by atomic mass is 16.6. The summed E-state index contributed by atoms with van der Waals surface area (Å²) < 4.78 is 2.05. The molecule has 0 aliphatic heterocycles. The first-order valence-electron chi connectivity index (χ1n) is 7.07. The molecule has 0 atom stereocenters. The average molecular weight is 313 g/mol. The van der Waals surface area contributed by atoms with Gasteiger partial charge in [-0.15, -0.1) is 0 Å². The number of hydrogen-bond acceptors (Lipinski definition) is 4. The molecule has 0 fully saturated rings. The molecule has 7 nitrogen and oxygen atoms in total. The Labute approximate surface area is 131 Å². The Hall–Kier alpha value is -2.96. The van der Waals surface area contributed by atoms with Crippen LogP contribution in [0.5, 0.6) is 0 Å². The summed E-state index contributed by atoms with van der Waals surface area (Å²) in [5.74, 6) is 0. The first-order valence-corrected chi connectivity index (χ1v) is 7.07. The molecule has 118 valence electrons. The molecule has 0 unspecified atom stereocenters. The van der Waals surface area contributed by atoms with Gasteiger partial charge in [0.2, 0.25) is 0 Å². The van der Waals surface area contributed by atoms with E-state index in [1.54, 1.807) is 12.1 Å². The summed E-state index contributed by atoms with van der Waals surface area (Å²) in [6.45, 7) is 6.07. The third-order valence-corrected chi connectivity index (χ3v) is 3.82. The Balaban J connectivity index is 2.50. The second-order valence-electron chi connectivity index (χ2n) is 6.42. The van der Waals surface area contributed by atoms with Crippen LogP contribution in [0.2, 0.25) is 0 Å². The molecule has 2 aromatic carbocycles. The van der Waals surface area contributed by atoms with Crippen LogP contribution in [0.4, 0.5) is 11.4 Å². The third-order valence-electron chi connectivity index (χ3n) is 3.82. The predicted molar refractivity (Wildman–Crippen MR) is 87.7 cm³/mol. The van der Waals surface area contributed by atoms with Crippen LogP contribution < -0.4 is 0 Å². The normalized spacial score (nSPS) is 12.0. The van der Waals surface area contributed by atoms with Gasteiger partial charge in [-0.05, 0) is 32.9 Å². The SMILES string of the molecule is CC(C)(C)n1c2ccc([N+](=O)[O-])cc2c2cc([N+](=O)[O-])ccc21. The van der Waals surface area contributed by atoms with Crippen LogP contribution in [0.25, 0.3) is 21.8 Å². The van der Waals surface area contributed by atoms with Gasteiger partial charge >= 0.3 is 0 Å². The fraction of sp³-hybridized carbons (Fsp3) is 0.250. The molecular weight excluding hydrogens is 298 g/mol. The molecule has 0 aliphatic rings. The van der Waals surface area contributed by atoms with Crippen LogP contribution in [0.1, 0.15) is 20.8 Å². The quantitative estimate of drug-likeness (QED) is 0.519. The fourth-order valence-electron chi connectivity index (χ4n) is 2.95. The molecule has 0 saturated carbocycles. The van der Waals surface area contributed by atoms with Gasteiger partial charge in [0.1, 0.15) is 0 Å². The van der Waals surface area contributed by atoms with Gasteiger partial charge in [0, 0.05) is 40.6 Å². The minimum absolute atomic E-state index is 0.0306. The second kappa shape index (κ2) is 4.77. The molecule has 0 saturated heterocycles. The van der Waals surface area contributed by atoms with Crippen LogP contribution in [0.15, 0.2) is 36.4 Å². The minimum atomic E-state index is -0.461. The van der Waals surface area contributed by atoms with Gasteiger partial charge in [-0.25, -0.2) is 0 Å². The van der Waals surface area contributed by atoms with Gasteiger partial charge < -0.3 is 4.57 Å². The molecule has 1 heterocycles. The first kappa shape index (κ1) is 15.0. The summed E-state index contributed by atoms with van der Waals surface area (Å²) >= 11 is 0. The molecular formula is C16H15N3O4. The van der Waals surface area contributed by atoms with Gasteiger partial charge in [0.25, 0.3) is 11.4 Å². The molecule has 0 amide bonds. The van der Waals surface area contributed by atoms with E-state index >= 15 is 0 Å². The van der Waals surface area contributed by atoms with E-state index in [9.17, 15) is 20.2 Å². The van der Waals surface area contributed by atoms with E-state index in [0.717, 1.165) is 11.0 Å². The maximum atomic E-state index is 11.1. The van der Waals surface area contributed by atoms with Gasteiger partial charge in [0.05, 0.1) is 20.9 Å². The molecule has 3 rings (SSSR count). The average Bonchev–Trinajstić information content (AvgIpc) is 2.79. The zero-order valence-corrected chi connectivity index (χ0v) is 12.9. The third kappa shape index (κ3) is 2.30. The van der Waals surface area contributed by atoms with Crippen molar-refractivity contribution in [1.29, 1.82) is 0 Å². The van der Waals surface area contributed by atoms with Crippen LogP contribution in [0.3, 0.4) is 0 Å². The lowest BCUT2D eigenvalue weighted by atomic mass is 10.1. The van der Waals surface area contributed by atoms with Crippen molar-refractivity contribution in [3.63, 3.8) is 0 Å². The summed E-state index contributed by atoms with van der Waals surface area (Å²) in [6.07, 6.45) is 0. The number of nitro benzene ring substituents is 2. The Morgan fingerprint density at radius 3 is 1.52 bits per heavy atom. The van der Waals surface area contributed by atoms with Crippen LogP contribution in [0, 0.1) is 20.2 Å². The number of hydrogen-bond donors (Lipinski definition) is 0. The number of non-ortho nitro benzene ring substituents is 2. The topological polar surface area (TPSA) is 91.2 Å². The number of fused-ring (bicyclic) bond motifs is 3. The van der Waals surface area contributed by atoms with Crippen molar-refractivity contribution in [2.45, 2.75) is 26.3 Å². The number of nitrogens with zero attached hydrogens (tertiary/aromatic N) is 3. The van der Waals surface area contributed by atoms with Crippen molar-refractivity contribution in [2.75, 3.05) is 0 Å². The molecule has 0 spiro atoms. The van der Waals surface area contributed by atoms with Gasteiger partial charge in [-0.3, -0.25) is 20.2 Å². The van der Waals surface area contributed by atoms with Crippen LogP contribution >= 0.6 is 0 Å². The van der Waals surface area contributed by atoms with Crippen LogP contribution in [-0.2, 0) is 5.54 Å². The molecule has 0 aliphatic carbocycles. The lowest BCUT2D eigenvalue weighted by molar-refractivity contribution is -0.385. The van der Waals surface area contributed by atoms with Crippen molar-refractivity contribution in [2.24, 2.45) is 0 Å². The number of benzene rings is 2. The van der Waals surface area contributed by atoms with E-state index < -0.39 is 9.85 Å². The van der Waals surface area contributed by atoms with E-state index in [4.69, 9.17) is 0 Å². The van der Waals surface area contributed by atoms with Crippen molar-refractivity contribution in [3.8, 4) is 0 Å². The van der Waals surface area contributed by atoms with Gasteiger partial charge in [-0.1, -0.05) is 0 Å². The Bertz CT molecular complexity index is 896. The highest BCUT2D eigenvalue weighted by Gasteiger charge is 2.23. The van der Waals surface area contributed by atoms with Crippen molar-refractivity contribution in [3.05, 3.63) is 56.6 Å². The van der Waals surface area contributed by atoms with E-state index in [1.165, 1.54) is 24.3 Å². The zero-order valence-electron chi connectivity index (χ0n) is 12.9. The largest absolute Gasteiger partial charge is 0.335 e. The summed E-state index contributed by atoms with van der Waals surface area (Å²) in [5.41, 5.74) is 1.30. The highest BCUT2D eigenvalue weighted by Crippen LogP contribution is 2.37. The Morgan fingerprint density at radius 2 is 1.22 bits per heavy atom. The molecule has 0 bridgehead atoms. The highest BCUT2D eigenvalue weighted by molar-refractivity contribution is 6.09. The molecule has 23 heavy (non-hydrogen) atoms. The zero-order chi connectivity index (χ0) is 16.9. The van der Waals surface area contributed by atoms with E-state index in [-0.39, 0.29) is 16.9 Å². The van der Waals surface area contributed by atoms with Crippen LogP contribution in [-0.4, -0.2) is 14.4 Å². The summed E-state index contributed by atoms with van der Waals surface area (Å²) in [4.78, 5) is 21.2. The lowest BCUT2D eigenvalue weighted by Crippen LogP contribution is -2.21. The Kier molecular flexibility index (Phi) is 3.10. The maximum absolute atomic E-state index is 11.1.